The third-order valence-electron chi connectivity index (χ3n) is 5.92. The summed E-state index contributed by atoms with van der Waals surface area (Å²) in [6.07, 6.45) is 6.01. The molecule has 3 atom stereocenters. The first-order valence-corrected chi connectivity index (χ1v) is 8.40. The zero-order chi connectivity index (χ0) is 14.6. The smallest absolute Gasteiger partial charge is 0.127 e. The highest BCUT2D eigenvalue weighted by Crippen LogP contribution is 2.84. The van der Waals surface area contributed by atoms with E-state index in [0.29, 0.717) is 5.92 Å². The maximum absolute atomic E-state index is 12.0. The van der Waals surface area contributed by atoms with Crippen LogP contribution in [0, 0.1) is 16.2 Å². The Morgan fingerprint density at radius 3 is 2.25 bits per heavy atom. The van der Waals surface area contributed by atoms with E-state index in [-0.39, 0.29) is 16.2 Å². The topological polar surface area (TPSA) is 17.1 Å². The number of halogens is 1. The Labute approximate surface area is 130 Å². The fourth-order valence-corrected chi connectivity index (χ4v) is 5.43. The Kier molecular flexibility index (Phi) is 3.17. The lowest BCUT2D eigenvalue weighted by molar-refractivity contribution is -0.115. The minimum atomic E-state index is -0.114. The lowest BCUT2D eigenvalue weighted by Gasteiger charge is -2.38. The largest absolute Gasteiger partial charge is 0.303 e. The van der Waals surface area contributed by atoms with E-state index in [1.807, 2.05) is 0 Å². The molecule has 0 bridgehead atoms. The zero-order valence-corrected chi connectivity index (χ0v) is 14.2. The van der Waals surface area contributed by atoms with Crippen LogP contribution in [0.4, 0.5) is 0 Å². The molecule has 0 aliphatic heterocycles. The van der Waals surface area contributed by atoms with Gasteiger partial charge in [0, 0.05) is 15.8 Å². The average molecular weight is 335 g/mol. The summed E-state index contributed by atoms with van der Waals surface area (Å²) in [7, 11) is 0. The zero-order valence-electron chi connectivity index (χ0n) is 12.6. The second-order valence-electron chi connectivity index (χ2n) is 7.57. The molecule has 2 aliphatic carbocycles. The van der Waals surface area contributed by atoms with E-state index in [2.05, 4.69) is 61.0 Å². The summed E-state index contributed by atoms with van der Waals surface area (Å²) < 4.78 is 1.11. The minimum Gasteiger partial charge on any atom is -0.303 e. The van der Waals surface area contributed by atoms with Gasteiger partial charge in [0.15, 0.2) is 0 Å². The summed E-state index contributed by atoms with van der Waals surface area (Å²) in [6.45, 7) is 6.94. The Hall–Kier alpha value is -0.630. The summed E-state index contributed by atoms with van der Waals surface area (Å²) in [4.78, 5) is 12.0. The summed E-state index contributed by atoms with van der Waals surface area (Å²) in [6, 6.07) is 8.61. The number of hydrogen-bond donors (Lipinski definition) is 0. The number of rotatable bonds is 2. The average Bonchev–Trinajstić information content (AvgIpc) is 3.05. The van der Waals surface area contributed by atoms with Crippen molar-refractivity contribution in [1.29, 1.82) is 0 Å². The van der Waals surface area contributed by atoms with Crippen molar-refractivity contribution in [3.8, 4) is 0 Å². The standard InChI is InChI=1S/C18H23BrO/c1-16(2,3)18-11-5-4-10-17(18,12-20)15(18)13-6-8-14(19)9-7-13/h6-9,12,15H,4-5,10-11H2,1-3H3/t15-,17-,18-/m1/s1. The number of carbonyl (C=O) groups is 1. The van der Waals surface area contributed by atoms with Crippen LogP contribution in [0.15, 0.2) is 28.7 Å². The van der Waals surface area contributed by atoms with Crippen LogP contribution in [0.25, 0.3) is 0 Å². The number of fused-ring (bicyclic) bond motifs is 1. The molecule has 2 saturated carbocycles. The van der Waals surface area contributed by atoms with Gasteiger partial charge in [-0.2, -0.15) is 0 Å². The molecule has 0 aromatic heterocycles. The van der Waals surface area contributed by atoms with Gasteiger partial charge in [-0.25, -0.2) is 0 Å². The van der Waals surface area contributed by atoms with Crippen molar-refractivity contribution in [2.75, 3.05) is 0 Å². The molecule has 1 nitrogen and oxygen atoms in total. The molecule has 0 saturated heterocycles. The lowest BCUT2D eigenvalue weighted by atomic mass is 9.66. The van der Waals surface area contributed by atoms with Gasteiger partial charge in [-0.15, -0.1) is 0 Å². The van der Waals surface area contributed by atoms with Crippen LogP contribution in [0.1, 0.15) is 57.9 Å². The Bertz CT molecular complexity index is 527. The third-order valence-corrected chi connectivity index (χ3v) is 6.45. The second kappa shape index (κ2) is 4.43. The highest BCUT2D eigenvalue weighted by atomic mass is 79.9. The van der Waals surface area contributed by atoms with E-state index in [4.69, 9.17) is 0 Å². The molecule has 0 radical (unpaired) electrons. The third kappa shape index (κ3) is 1.63. The van der Waals surface area contributed by atoms with E-state index in [9.17, 15) is 4.79 Å². The number of carbonyl (C=O) groups excluding carboxylic acids is 1. The van der Waals surface area contributed by atoms with Gasteiger partial charge in [0.05, 0.1) is 0 Å². The molecular weight excluding hydrogens is 312 g/mol. The molecule has 0 amide bonds. The van der Waals surface area contributed by atoms with Crippen molar-refractivity contribution in [2.24, 2.45) is 16.2 Å². The van der Waals surface area contributed by atoms with Crippen LogP contribution < -0.4 is 0 Å². The van der Waals surface area contributed by atoms with E-state index in [0.717, 1.165) is 10.9 Å². The van der Waals surface area contributed by atoms with Crippen molar-refractivity contribution in [3.05, 3.63) is 34.3 Å². The summed E-state index contributed by atoms with van der Waals surface area (Å²) in [5, 5.41) is 0. The number of benzene rings is 1. The SMILES string of the molecule is CC(C)(C)[C@]12CCCC[C@@]1(C=O)[C@H]2c1ccc(Br)cc1. The van der Waals surface area contributed by atoms with Crippen LogP contribution in [-0.4, -0.2) is 6.29 Å². The van der Waals surface area contributed by atoms with Crippen LogP contribution in [0.5, 0.6) is 0 Å². The fraction of sp³-hybridized carbons (Fsp3) is 0.611. The first-order chi connectivity index (χ1) is 9.39. The maximum Gasteiger partial charge on any atom is 0.127 e. The minimum absolute atomic E-state index is 0.114. The molecular formula is C18H23BrO. The van der Waals surface area contributed by atoms with Crippen molar-refractivity contribution >= 4 is 22.2 Å². The van der Waals surface area contributed by atoms with Crippen molar-refractivity contribution < 1.29 is 4.79 Å². The van der Waals surface area contributed by atoms with E-state index < -0.39 is 0 Å². The highest BCUT2D eigenvalue weighted by Gasteiger charge is 2.80. The van der Waals surface area contributed by atoms with Gasteiger partial charge in [-0.1, -0.05) is 61.7 Å². The van der Waals surface area contributed by atoms with Gasteiger partial charge < -0.3 is 4.79 Å². The molecule has 0 spiro atoms. The van der Waals surface area contributed by atoms with Gasteiger partial charge in [-0.05, 0) is 41.4 Å². The lowest BCUT2D eigenvalue weighted by Crippen LogP contribution is -2.32. The second-order valence-corrected chi connectivity index (χ2v) is 8.49. The number of hydrogen-bond acceptors (Lipinski definition) is 1. The Morgan fingerprint density at radius 2 is 1.75 bits per heavy atom. The maximum atomic E-state index is 12.0. The Morgan fingerprint density at radius 1 is 1.15 bits per heavy atom. The number of aldehydes is 1. The van der Waals surface area contributed by atoms with Crippen LogP contribution >= 0.6 is 15.9 Å². The summed E-state index contributed by atoms with van der Waals surface area (Å²) >= 11 is 3.51. The molecule has 20 heavy (non-hydrogen) atoms. The summed E-state index contributed by atoms with van der Waals surface area (Å²) in [5.41, 5.74) is 1.56. The van der Waals surface area contributed by atoms with Gasteiger partial charge >= 0.3 is 0 Å². The molecule has 2 aliphatic rings. The molecule has 0 heterocycles. The monoisotopic (exact) mass is 334 g/mol. The van der Waals surface area contributed by atoms with Gasteiger partial charge in [0.2, 0.25) is 0 Å². The molecule has 1 aromatic carbocycles. The van der Waals surface area contributed by atoms with Crippen LogP contribution in [-0.2, 0) is 4.79 Å². The first-order valence-electron chi connectivity index (χ1n) is 7.61. The molecule has 3 rings (SSSR count). The van der Waals surface area contributed by atoms with Crippen molar-refractivity contribution in [2.45, 2.75) is 52.4 Å². The predicted molar refractivity (Wildman–Crippen MR) is 85.7 cm³/mol. The van der Waals surface area contributed by atoms with Crippen LogP contribution in [0.3, 0.4) is 0 Å². The van der Waals surface area contributed by atoms with E-state index >= 15 is 0 Å². The Balaban J connectivity index is 2.10. The van der Waals surface area contributed by atoms with Crippen LogP contribution in [0.2, 0.25) is 0 Å². The predicted octanol–water partition coefficient (Wildman–Crippen LogP) is 5.34. The first kappa shape index (κ1) is 14.3. The fourth-order valence-electron chi connectivity index (χ4n) is 5.17. The molecule has 0 N–H and O–H groups in total. The molecule has 108 valence electrons. The van der Waals surface area contributed by atoms with Crippen molar-refractivity contribution in [1.82, 2.24) is 0 Å². The summed E-state index contributed by atoms with van der Waals surface area (Å²) in [5.74, 6) is 0.406. The van der Waals surface area contributed by atoms with Gasteiger partial charge in [0.25, 0.3) is 0 Å². The van der Waals surface area contributed by atoms with Gasteiger partial charge in [0.1, 0.15) is 6.29 Å². The molecule has 2 heteroatoms. The van der Waals surface area contributed by atoms with E-state index in [1.165, 1.54) is 31.1 Å². The quantitative estimate of drug-likeness (QED) is 0.667. The molecule has 2 fully saturated rings. The molecule has 0 unspecified atom stereocenters. The molecule has 1 aromatic rings. The normalized spacial score (nSPS) is 36.3. The van der Waals surface area contributed by atoms with E-state index in [1.54, 1.807) is 0 Å². The van der Waals surface area contributed by atoms with Gasteiger partial charge in [-0.3, -0.25) is 0 Å². The van der Waals surface area contributed by atoms with Crippen molar-refractivity contribution in [3.63, 3.8) is 0 Å². The highest BCUT2D eigenvalue weighted by molar-refractivity contribution is 9.10.